The zero-order chi connectivity index (χ0) is 24.7. The summed E-state index contributed by atoms with van der Waals surface area (Å²) in [5.74, 6) is 0.312. The average Bonchev–Trinajstić information content (AvgIpc) is 2.80. The Balaban J connectivity index is 1.58. The van der Waals surface area contributed by atoms with Gasteiger partial charge in [-0.1, -0.05) is 30.3 Å². The van der Waals surface area contributed by atoms with Gasteiger partial charge in [0.2, 0.25) is 10.0 Å². The first-order chi connectivity index (χ1) is 16.1. The van der Waals surface area contributed by atoms with Crippen LogP contribution in [0.3, 0.4) is 0 Å². The molecule has 7 nitrogen and oxygen atoms in total. The number of carbonyl (C=O) groups excluding carboxylic acids is 1. The van der Waals surface area contributed by atoms with Crippen molar-refractivity contribution in [3.05, 3.63) is 90.0 Å². The number of rotatable bonds is 8. The van der Waals surface area contributed by atoms with Crippen LogP contribution in [0.4, 0.5) is 5.69 Å². The summed E-state index contributed by atoms with van der Waals surface area (Å²) in [4.78, 5) is 12.6. The van der Waals surface area contributed by atoms with Gasteiger partial charge < -0.3 is 10.1 Å². The molecule has 0 atom stereocenters. The van der Waals surface area contributed by atoms with Gasteiger partial charge >= 0.3 is 0 Å². The third-order valence-corrected chi connectivity index (χ3v) is 6.81. The molecule has 34 heavy (non-hydrogen) atoms. The molecule has 0 aromatic heterocycles. The van der Waals surface area contributed by atoms with E-state index >= 15 is 0 Å². The van der Waals surface area contributed by atoms with Crippen molar-refractivity contribution >= 4 is 38.9 Å². The lowest BCUT2D eigenvalue weighted by atomic mass is 10.2. The van der Waals surface area contributed by atoms with E-state index < -0.39 is 10.0 Å². The van der Waals surface area contributed by atoms with Crippen molar-refractivity contribution in [2.45, 2.75) is 31.4 Å². The van der Waals surface area contributed by atoms with Gasteiger partial charge in [-0.25, -0.2) is 8.42 Å². The van der Waals surface area contributed by atoms with Crippen molar-refractivity contribution in [2.75, 3.05) is 12.4 Å². The maximum atomic E-state index is 12.9. The summed E-state index contributed by atoms with van der Waals surface area (Å²) in [5.41, 5.74) is 1.88. The minimum Gasteiger partial charge on any atom is -0.491 e. The predicted octanol–water partition coefficient (Wildman–Crippen LogP) is 4.42. The topological polar surface area (TPSA) is 87.7 Å². The zero-order valence-corrected chi connectivity index (χ0v) is 20.8. The van der Waals surface area contributed by atoms with Gasteiger partial charge in [0, 0.05) is 24.8 Å². The number of nitrogens with one attached hydrogen (secondary N) is 2. The molecule has 2 N–H and O–H groups in total. The van der Waals surface area contributed by atoms with Crippen molar-refractivity contribution in [2.24, 2.45) is 0 Å². The molecule has 0 saturated heterocycles. The number of hydrogen-bond donors (Lipinski definition) is 2. The fourth-order valence-electron chi connectivity index (χ4n) is 3.11. The van der Waals surface area contributed by atoms with Crippen molar-refractivity contribution < 1.29 is 17.9 Å². The third kappa shape index (κ3) is 6.86. The van der Waals surface area contributed by atoms with E-state index in [1.165, 1.54) is 16.4 Å². The largest absolute Gasteiger partial charge is 0.491 e. The monoisotopic (exact) mass is 497 g/mol. The Morgan fingerprint density at radius 1 is 0.971 bits per heavy atom. The van der Waals surface area contributed by atoms with Crippen LogP contribution < -0.4 is 15.4 Å². The van der Waals surface area contributed by atoms with Gasteiger partial charge in [-0.15, -0.1) is 0 Å². The second-order valence-corrected chi connectivity index (χ2v) is 10.3. The van der Waals surface area contributed by atoms with Crippen molar-refractivity contribution in [3.63, 3.8) is 0 Å². The van der Waals surface area contributed by atoms with E-state index in [4.69, 9.17) is 17.0 Å². The Hall–Kier alpha value is -3.27. The molecule has 0 bridgehead atoms. The summed E-state index contributed by atoms with van der Waals surface area (Å²) in [6.45, 7) is 4.12. The molecule has 3 rings (SSSR count). The molecule has 0 aliphatic carbocycles. The van der Waals surface area contributed by atoms with Crippen LogP contribution in [0, 0.1) is 0 Å². The molecule has 9 heteroatoms. The lowest BCUT2D eigenvalue weighted by Gasteiger charge is -2.18. The Morgan fingerprint density at radius 3 is 2.18 bits per heavy atom. The second-order valence-electron chi connectivity index (χ2n) is 7.87. The van der Waals surface area contributed by atoms with E-state index in [0.717, 1.165) is 5.56 Å². The van der Waals surface area contributed by atoms with Crippen molar-refractivity contribution in [1.29, 1.82) is 0 Å². The van der Waals surface area contributed by atoms with Crippen LogP contribution >= 0.6 is 12.2 Å². The zero-order valence-electron chi connectivity index (χ0n) is 19.2. The normalized spacial score (nSPS) is 11.3. The van der Waals surface area contributed by atoms with E-state index in [-0.39, 0.29) is 28.6 Å². The number of nitrogens with zero attached hydrogens (tertiary/aromatic N) is 1. The summed E-state index contributed by atoms with van der Waals surface area (Å²) in [5, 5.41) is 5.60. The summed E-state index contributed by atoms with van der Waals surface area (Å²) in [6, 6.07) is 22.3. The molecule has 0 heterocycles. The molecule has 0 fully saturated rings. The standard InChI is InChI=1S/C25H27N3O4S2/c1-18(2)32-22-13-9-20(10-14-22)24(29)27-25(33)26-21-11-15-23(16-12-21)34(30,31)28(3)17-19-7-5-4-6-8-19/h4-16,18H,17H2,1-3H3,(H2,26,27,29,33). The minimum absolute atomic E-state index is 0.0436. The number of ether oxygens (including phenoxy) is 1. The van der Waals surface area contributed by atoms with Crippen LogP contribution in [0.2, 0.25) is 0 Å². The molecule has 3 aromatic rings. The Labute approximate surface area is 205 Å². The van der Waals surface area contributed by atoms with Crippen molar-refractivity contribution in [3.8, 4) is 5.75 Å². The minimum atomic E-state index is -3.66. The molecular formula is C25H27N3O4S2. The molecule has 1 amide bonds. The SMILES string of the molecule is CC(C)Oc1ccc(C(=O)NC(=S)Nc2ccc(S(=O)(=O)N(C)Cc3ccccc3)cc2)cc1. The quantitative estimate of drug-likeness (QED) is 0.448. The molecule has 0 radical (unpaired) electrons. The second kappa shape index (κ2) is 11.2. The maximum Gasteiger partial charge on any atom is 0.257 e. The molecule has 0 unspecified atom stereocenters. The molecule has 3 aromatic carbocycles. The first-order valence-electron chi connectivity index (χ1n) is 10.6. The number of carbonyl (C=O) groups is 1. The highest BCUT2D eigenvalue weighted by atomic mass is 32.2. The summed E-state index contributed by atoms with van der Waals surface area (Å²) in [6.07, 6.45) is 0.0436. The molecule has 0 aliphatic heterocycles. The van der Waals surface area contributed by atoms with Crippen LogP contribution in [0.25, 0.3) is 0 Å². The first kappa shape index (κ1) is 25.4. The van der Waals surface area contributed by atoms with Gasteiger partial charge in [0.15, 0.2) is 5.11 Å². The smallest absolute Gasteiger partial charge is 0.257 e. The van der Waals surface area contributed by atoms with Gasteiger partial charge in [0.05, 0.1) is 11.0 Å². The highest BCUT2D eigenvalue weighted by molar-refractivity contribution is 7.89. The number of amides is 1. The van der Waals surface area contributed by atoms with E-state index in [2.05, 4.69) is 10.6 Å². The average molecular weight is 498 g/mol. The van der Waals surface area contributed by atoms with E-state index in [1.807, 2.05) is 44.2 Å². The van der Waals surface area contributed by atoms with Gasteiger partial charge in [-0.3, -0.25) is 10.1 Å². The summed E-state index contributed by atoms with van der Waals surface area (Å²) < 4.78 is 32.6. The van der Waals surface area contributed by atoms with Gasteiger partial charge in [0.25, 0.3) is 5.91 Å². The van der Waals surface area contributed by atoms with Crippen LogP contribution in [-0.4, -0.2) is 36.9 Å². The van der Waals surface area contributed by atoms with Crippen molar-refractivity contribution in [1.82, 2.24) is 9.62 Å². The Morgan fingerprint density at radius 2 is 1.59 bits per heavy atom. The first-order valence-corrected chi connectivity index (χ1v) is 12.5. The van der Waals surface area contributed by atoms with Crippen LogP contribution in [-0.2, 0) is 16.6 Å². The van der Waals surface area contributed by atoms with E-state index in [0.29, 0.717) is 17.0 Å². The predicted molar refractivity (Wildman–Crippen MR) is 137 cm³/mol. The number of hydrogen-bond acceptors (Lipinski definition) is 5. The summed E-state index contributed by atoms with van der Waals surface area (Å²) in [7, 11) is -2.11. The van der Waals surface area contributed by atoms with E-state index in [9.17, 15) is 13.2 Å². The molecular weight excluding hydrogens is 470 g/mol. The number of anilines is 1. The van der Waals surface area contributed by atoms with Crippen LogP contribution in [0.15, 0.2) is 83.8 Å². The number of sulfonamides is 1. The molecule has 0 aliphatic rings. The fraction of sp³-hybridized carbons (Fsp3) is 0.200. The lowest BCUT2D eigenvalue weighted by Crippen LogP contribution is -2.34. The van der Waals surface area contributed by atoms with Gasteiger partial charge in [-0.05, 0) is 80.2 Å². The van der Waals surface area contributed by atoms with Crippen LogP contribution in [0.1, 0.15) is 29.8 Å². The highest BCUT2D eigenvalue weighted by Gasteiger charge is 2.21. The molecule has 0 saturated carbocycles. The Kier molecular flexibility index (Phi) is 8.38. The lowest BCUT2D eigenvalue weighted by molar-refractivity contribution is 0.0977. The summed E-state index contributed by atoms with van der Waals surface area (Å²) >= 11 is 5.22. The maximum absolute atomic E-state index is 12.9. The van der Waals surface area contributed by atoms with E-state index in [1.54, 1.807) is 43.4 Å². The highest BCUT2D eigenvalue weighted by Crippen LogP contribution is 2.19. The van der Waals surface area contributed by atoms with Crippen LogP contribution in [0.5, 0.6) is 5.75 Å². The molecule has 0 spiro atoms. The van der Waals surface area contributed by atoms with Gasteiger partial charge in [-0.2, -0.15) is 4.31 Å². The number of benzene rings is 3. The Bertz CT molecular complexity index is 1230. The molecule has 178 valence electrons. The fourth-order valence-corrected chi connectivity index (χ4v) is 4.48. The number of thiocarbonyl (C=S) groups is 1. The van der Waals surface area contributed by atoms with Gasteiger partial charge in [0.1, 0.15) is 5.75 Å². The third-order valence-electron chi connectivity index (χ3n) is 4.78.